The summed E-state index contributed by atoms with van der Waals surface area (Å²) >= 11 is 4.71. The highest BCUT2D eigenvalue weighted by Gasteiger charge is 2.16. The van der Waals surface area contributed by atoms with Gasteiger partial charge in [-0.3, -0.25) is 4.79 Å². The standard InChI is InChI=1S/C17H19BrN4OS/c1-10-9-11(2)20-17(19-10)24-13(4)16(23)22-21-12(3)14-5-7-15(18)8-6-14/h5-9,13H,1-4H3,(H,22,23)/b21-12+. The van der Waals surface area contributed by atoms with Crippen molar-refractivity contribution >= 4 is 39.3 Å². The molecule has 0 radical (unpaired) electrons. The molecule has 0 spiro atoms. The highest BCUT2D eigenvalue weighted by atomic mass is 79.9. The van der Waals surface area contributed by atoms with Gasteiger partial charge in [-0.15, -0.1) is 0 Å². The van der Waals surface area contributed by atoms with Gasteiger partial charge in [-0.2, -0.15) is 5.10 Å². The average Bonchev–Trinajstić information content (AvgIpc) is 2.51. The van der Waals surface area contributed by atoms with Crippen LogP contribution in [-0.4, -0.2) is 26.8 Å². The number of halogens is 1. The van der Waals surface area contributed by atoms with Crippen molar-refractivity contribution in [3.63, 3.8) is 0 Å². The number of carbonyl (C=O) groups is 1. The molecule has 1 aromatic carbocycles. The van der Waals surface area contributed by atoms with Crippen LogP contribution in [0, 0.1) is 13.8 Å². The first-order valence-electron chi connectivity index (χ1n) is 7.44. The van der Waals surface area contributed by atoms with Crippen LogP contribution < -0.4 is 5.43 Å². The van der Waals surface area contributed by atoms with Gasteiger partial charge >= 0.3 is 0 Å². The lowest BCUT2D eigenvalue weighted by Crippen LogP contribution is -2.28. The summed E-state index contributed by atoms with van der Waals surface area (Å²) in [6.45, 7) is 7.49. The van der Waals surface area contributed by atoms with Crippen LogP contribution >= 0.6 is 27.7 Å². The molecule has 1 unspecified atom stereocenters. The van der Waals surface area contributed by atoms with E-state index in [1.165, 1.54) is 11.8 Å². The van der Waals surface area contributed by atoms with E-state index in [2.05, 4.69) is 36.4 Å². The summed E-state index contributed by atoms with van der Waals surface area (Å²) in [4.78, 5) is 20.9. The van der Waals surface area contributed by atoms with Crippen molar-refractivity contribution in [2.75, 3.05) is 0 Å². The van der Waals surface area contributed by atoms with E-state index in [4.69, 9.17) is 0 Å². The summed E-state index contributed by atoms with van der Waals surface area (Å²) in [7, 11) is 0. The molecule has 0 saturated carbocycles. The van der Waals surface area contributed by atoms with E-state index in [9.17, 15) is 4.79 Å². The third-order valence-electron chi connectivity index (χ3n) is 3.21. The second-order valence-electron chi connectivity index (χ2n) is 5.37. The summed E-state index contributed by atoms with van der Waals surface area (Å²) in [5, 5.41) is 4.43. The number of rotatable bonds is 5. The second-order valence-corrected chi connectivity index (χ2v) is 7.60. The van der Waals surface area contributed by atoms with Crippen LogP contribution in [0.25, 0.3) is 0 Å². The van der Waals surface area contributed by atoms with E-state index in [0.29, 0.717) is 5.16 Å². The zero-order valence-corrected chi connectivity index (χ0v) is 16.4. The van der Waals surface area contributed by atoms with Crippen LogP contribution in [0.5, 0.6) is 0 Å². The van der Waals surface area contributed by atoms with E-state index < -0.39 is 0 Å². The summed E-state index contributed by atoms with van der Waals surface area (Å²) < 4.78 is 1.00. The van der Waals surface area contributed by atoms with E-state index in [0.717, 1.165) is 27.1 Å². The number of nitrogens with one attached hydrogen (secondary N) is 1. The van der Waals surface area contributed by atoms with Crippen molar-refractivity contribution in [2.45, 2.75) is 38.1 Å². The molecular formula is C17H19BrN4OS. The van der Waals surface area contributed by atoms with Crippen molar-refractivity contribution in [1.29, 1.82) is 0 Å². The number of hydrogen-bond acceptors (Lipinski definition) is 5. The van der Waals surface area contributed by atoms with Gasteiger partial charge in [-0.1, -0.05) is 39.8 Å². The van der Waals surface area contributed by atoms with E-state index in [-0.39, 0.29) is 11.2 Å². The number of aromatic nitrogens is 2. The topological polar surface area (TPSA) is 67.2 Å². The summed E-state index contributed by atoms with van der Waals surface area (Å²) in [5.41, 5.74) is 6.09. The van der Waals surface area contributed by atoms with E-state index >= 15 is 0 Å². The molecule has 5 nitrogen and oxygen atoms in total. The average molecular weight is 407 g/mol. The summed E-state index contributed by atoms with van der Waals surface area (Å²) in [6, 6.07) is 9.66. The lowest BCUT2D eigenvalue weighted by Gasteiger charge is -2.10. The maximum atomic E-state index is 12.2. The van der Waals surface area contributed by atoms with Gasteiger partial charge in [0.2, 0.25) is 0 Å². The number of thioether (sulfide) groups is 1. The SMILES string of the molecule is C/C(=N\NC(=O)C(C)Sc1nc(C)cc(C)n1)c1ccc(Br)cc1. The van der Waals surface area contributed by atoms with Crippen molar-refractivity contribution in [3.05, 3.63) is 51.8 Å². The van der Waals surface area contributed by atoms with Crippen LogP contribution in [-0.2, 0) is 4.79 Å². The zero-order valence-electron chi connectivity index (χ0n) is 14.0. The van der Waals surface area contributed by atoms with Crippen molar-refractivity contribution < 1.29 is 4.79 Å². The van der Waals surface area contributed by atoms with Gasteiger partial charge in [0.15, 0.2) is 5.16 Å². The summed E-state index contributed by atoms with van der Waals surface area (Å²) in [6.07, 6.45) is 0. The van der Waals surface area contributed by atoms with Crippen molar-refractivity contribution in [3.8, 4) is 0 Å². The number of benzene rings is 1. The summed E-state index contributed by atoms with van der Waals surface area (Å²) in [5.74, 6) is -0.181. The first-order valence-corrected chi connectivity index (χ1v) is 9.11. The monoisotopic (exact) mass is 406 g/mol. The third kappa shape index (κ3) is 5.42. The molecule has 0 fully saturated rings. The molecule has 1 N–H and O–H groups in total. The Morgan fingerprint density at radius 2 is 1.79 bits per heavy atom. The molecule has 0 aliphatic heterocycles. The molecule has 126 valence electrons. The van der Waals surface area contributed by atoms with Gasteiger partial charge < -0.3 is 0 Å². The Balaban J connectivity index is 1.98. The zero-order chi connectivity index (χ0) is 17.7. The maximum absolute atomic E-state index is 12.2. The number of carbonyl (C=O) groups excluding carboxylic acids is 1. The Bertz CT molecular complexity index is 741. The molecule has 7 heteroatoms. The number of hydrogen-bond donors (Lipinski definition) is 1. The number of aryl methyl sites for hydroxylation is 2. The second kappa shape index (κ2) is 8.39. The fraction of sp³-hybridized carbons (Fsp3) is 0.294. The fourth-order valence-corrected chi connectivity index (χ4v) is 3.08. The smallest absolute Gasteiger partial charge is 0.253 e. The minimum atomic E-state index is -0.340. The molecule has 2 rings (SSSR count). The normalized spacial score (nSPS) is 12.8. The molecule has 0 aliphatic carbocycles. The minimum absolute atomic E-state index is 0.181. The number of hydrazone groups is 1. The first-order chi connectivity index (χ1) is 11.3. The predicted octanol–water partition coefficient (Wildman–Crippen LogP) is 3.88. The molecular weight excluding hydrogens is 388 g/mol. The van der Waals surface area contributed by atoms with Crippen molar-refractivity contribution in [1.82, 2.24) is 15.4 Å². The molecule has 0 aliphatic rings. The van der Waals surface area contributed by atoms with Crippen LogP contribution in [0.2, 0.25) is 0 Å². The molecule has 1 heterocycles. The van der Waals surface area contributed by atoms with Crippen molar-refractivity contribution in [2.24, 2.45) is 5.10 Å². The van der Waals surface area contributed by atoms with E-state index in [1.54, 1.807) is 0 Å². The van der Waals surface area contributed by atoms with Gasteiger partial charge in [0.25, 0.3) is 5.91 Å². The lowest BCUT2D eigenvalue weighted by molar-refractivity contribution is -0.120. The van der Waals surface area contributed by atoms with Crippen LogP contribution in [0.4, 0.5) is 0 Å². The largest absolute Gasteiger partial charge is 0.272 e. The Labute approximate surface area is 154 Å². The molecule has 0 bridgehead atoms. The van der Waals surface area contributed by atoms with Gasteiger partial charge in [-0.05, 0) is 51.5 Å². The van der Waals surface area contributed by atoms with Crippen LogP contribution in [0.1, 0.15) is 30.8 Å². The lowest BCUT2D eigenvalue weighted by atomic mass is 10.1. The van der Waals surface area contributed by atoms with Gasteiger partial charge in [-0.25, -0.2) is 15.4 Å². The Morgan fingerprint density at radius 1 is 1.21 bits per heavy atom. The maximum Gasteiger partial charge on any atom is 0.253 e. The van der Waals surface area contributed by atoms with E-state index in [1.807, 2.05) is 58.0 Å². The van der Waals surface area contributed by atoms with Gasteiger partial charge in [0.05, 0.1) is 11.0 Å². The minimum Gasteiger partial charge on any atom is -0.272 e. The number of amides is 1. The molecule has 1 aromatic heterocycles. The highest BCUT2D eigenvalue weighted by Crippen LogP contribution is 2.20. The first kappa shape index (κ1) is 18.6. The number of nitrogens with zero attached hydrogens (tertiary/aromatic N) is 3. The molecule has 1 amide bonds. The van der Waals surface area contributed by atoms with Crippen LogP contribution in [0.3, 0.4) is 0 Å². The Hall–Kier alpha value is -1.73. The molecule has 0 saturated heterocycles. The quantitative estimate of drug-likeness (QED) is 0.354. The Morgan fingerprint density at radius 3 is 2.38 bits per heavy atom. The van der Waals surface area contributed by atoms with Gasteiger partial charge in [0, 0.05) is 15.9 Å². The van der Waals surface area contributed by atoms with Gasteiger partial charge in [0.1, 0.15) is 0 Å². The van der Waals surface area contributed by atoms with Crippen LogP contribution in [0.15, 0.2) is 45.1 Å². The molecule has 24 heavy (non-hydrogen) atoms. The molecule has 2 aromatic rings. The third-order valence-corrected chi connectivity index (χ3v) is 4.70. The predicted molar refractivity (Wildman–Crippen MR) is 101 cm³/mol. The Kier molecular flexibility index (Phi) is 6.51. The fourth-order valence-electron chi connectivity index (χ4n) is 1.94. The molecule has 1 atom stereocenters. The highest BCUT2D eigenvalue weighted by molar-refractivity contribution is 9.10.